The van der Waals surface area contributed by atoms with Gasteiger partial charge in [0.15, 0.2) is 0 Å². The number of carbonyl (C=O) groups is 1. The molecule has 2 aromatic carbocycles. The lowest BCUT2D eigenvalue weighted by Crippen LogP contribution is -2.32. The predicted molar refractivity (Wildman–Crippen MR) is 85.9 cm³/mol. The van der Waals surface area contributed by atoms with E-state index in [1.165, 1.54) is 24.3 Å². The molecule has 2 rings (SSSR count). The van der Waals surface area contributed by atoms with Crippen LogP contribution in [-0.4, -0.2) is 22.5 Å². The molecule has 5 nitrogen and oxygen atoms in total. The molecule has 0 saturated carbocycles. The fraction of sp³-hybridized carbons (Fsp3) is 0.125. The second-order valence-corrected chi connectivity index (χ2v) is 6.09. The average Bonchev–Trinajstić information content (AvgIpc) is 2.55. The van der Waals surface area contributed by atoms with Crippen molar-refractivity contribution in [2.24, 2.45) is 0 Å². The van der Waals surface area contributed by atoms with Crippen molar-refractivity contribution in [3.05, 3.63) is 59.9 Å². The van der Waals surface area contributed by atoms with E-state index in [4.69, 9.17) is 5.26 Å². The molecular formula is C16H14FN3O2S. The molecular weight excluding hydrogens is 317 g/mol. The molecule has 0 saturated heterocycles. The number of anilines is 1. The number of hydrogen-bond donors (Lipinski definition) is 2. The number of halogens is 1. The Morgan fingerprint density at radius 2 is 2.00 bits per heavy atom. The van der Waals surface area contributed by atoms with Gasteiger partial charge in [0.25, 0.3) is 0 Å². The first kappa shape index (κ1) is 16.6. The van der Waals surface area contributed by atoms with Crippen molar-refractivity contribution in [1.82, 2.24) is 5.32 Å². The third-order valence-corrected chi connectivity index (χ3v) is 4.30. The maximum absolute atomic E-state index is 13.5. The third kappa shape index (κ3) is 4.90. The van der Waals surface area contributed by atoms with Crippen molar-refractivity contribution in [3.63, 3.8) is 0 Å². The van der Waals surface area contributed by atoms with Crippen molar-refractivity contribution in [1.29, 1.82) is 5.26 Å². The van der Waals surface area contributed by atoms with Crippen LogP contribution in [0.25, 0.3) is 0 Å². The van der Waals surface area contributed by atoms with Crippen LogP contribution in [-0.2, 0) is 10.8 Å². The van der Waals surface area contributed by atoms with Crippen molar-refractivity contribution in [2.45, 2.75) is 4.90 Å². The summed E-state index contributed by atoms with van der Waals surface area (Å²) in [6.45, 7) is 0.130. The highest BCUT2D eigenvalue weighted by Crippen LogP contribution is 2.11. The molecule has 7 heteroatoms. The predicted octanol–water partition coefficient (Wildman–Crippen LogP) is 2.63. The monoisotopic (exact) mass is 331 g/mol. The molecule has 2 aromatic rings. The molecule has 1 unspecified atom stereocenters. The highest BCUT2D eigenvalue weighted by Gasteiger charge is 2.09. The van der Waals surface area contributed by atoms with Crippen LogP contribution >= 0.6 is 0 Å². The molecule has 0 radical (unpaired) electrons. The SMILES string of the molecule is N#Cc1cccc(NC(=O)NCCS(=O)c2ccccc2F)c1. The van der Waals surface area contributed by atoms with Gasteiger partial charge in [-0.05, 0) is 30.3 Å². The summed E-state index contributed by atoms with van der Waals surface area (Å²) < 4.78 is 25.4. The number of nitrogens with one attached hydrogen (secondary N) is 2. The summed E-state index contributed by atoms with van der Waals surface area (Å²) in [6.07, 6.45) is 0. The number of amides is 2. The number of benzene rings is 2. The first-order valence-electron chi connectivity index (χ1n) is 6.78. The summed E-state index contributed by atoms with van der Waals surface area (Å²) in [4.78, 5) is 11.8. The standard InChI is InChI=1S/C16H14FN3O2S/c17-14-6-1-2-7-15(14)23(22)9-8-19-16(21)20-13-5-3-4-12(10-13)11-18/h1-7,10H,8-9H2,(H2,19,20,21). The Kier molecular flexibility index (Phi) is 5.83. The van der Waals surface area contributed by atoms with E-state index >= 15 is 0 Å². The molecule has 118 valence electrons. The minimum atomic E-state index is -1.52. The number of carbonyl (C=O) groups excluding carboxylic acids is 1. The van der Waals surface area contributed by atoms with Gasteiger partial charge in [0.2, 0.25) is 0 Å². The molecule has 23 heavy (non-hydrogen) atoms. The van der Waals surface area contributed by atoms with Gasteiger partial charge in [0.05, 0.1) is 27.3 Å². The first-order valence-corrected chi connectivity index (χ1v) is 8.10. The Labute approximate surface area is 135 Å². The molecule has 0 fully saturated rings. The molecule has 0 heterocycles. The number of nitrogens with zero attached hydrogens (tertiary/aromatic N) is 1. The van der Waals surface area contributed by atoms with Crippen LogP contribution in [0.4, 0.5) is 14.9 Å². The number of urea groups is 1. The lowest BCUT2D eigenvalue weighted by Gasteiger charge is -2.08. The number of rotatable bonds is 5. The van der Waals surface area contributed by atoms with Crippen LogP contribution in [0.5, 0.6) is 0 Å². The van der Waals surface area contributed by atoms with Gasteiger partial charge in [0.1, 0.15) is 5.82 Å². The number of hydrogen-bond acceptors (Lipinski definition) is 3. The Morgan fingerprint density at radius 3 is 2.74 bits per heavy atom. The minimum Gasteiger partial charge on any atom is -0.337 e. The first-order chi connectivity index (χ1) is 11.1. The molecule has 0 bridgehead atoms. The quantitative estimate of drug-likeness (QED) is 0.883. The molecule has 1 atom stereocenters. The van der Waals surface area contributed by atoms with E-state index in [1.807, 2.05) is 6.07 Å². The Bertz CT molecular complexity index is 774. The van der Waals surface area contributed by atoms with Gasteiger partial charge >= 0.3 is 6.03 Å². The molecule has 0 aliphatic heterocycles. The summed E-state index contributed by atoms with van der Waals surface area (Å²) in [5.74, 6) is -0.421. The van der Waals surface area contributed by atoms with Crippen LogP contribution in [0.15, 0.2) is 53.4 Å². The molecule has 0 aromatic heterocycles. The van der Waals surface area contributed by atoms with Crippen LogP contribution in [0, 0.1) is 17.1 Å². The zero-order chi connectivity index (χ0) is 16.7. The normalized spacial score (nSPS) is 11.3. The average molecular weight is 331 g/mol. The van der Waals surface area contributed by atoms with Crippen molar-refractivity contribution in [3.8, 4) is 6.07 Å². The van der Waals surface area contributed by atoms with Crippen LogP contribution < -0.4 is 10.6 Å². The zero-order valence-electron chi connectivity index (χ0n) is 12.1. The summed E-state index contributed by atoms with van der Waals surface area (Å²) in [7, 11) is -1.52. The van der Waals surface area contributed by atoms with Gasteiger partial charge in [-0.3, -0.25) is 4.21 Å². The van der Waals surface area contributed by atoms with Crippen molar-refractivity contribution in [2.75, 3.05) is 17.6 Å². The maximum atomic E-state index is 13.5. The lowest BCUT2D eigenvalue weighted by atomic mass is 10.2. The van der Waals surface area contributed by atoms with Crippen molar-refractivity contribution < 1.29 is 13.4 Å². The summed E-state index contributed by atoms with van der Waals surface area (Å²) >= 11 is 0. The minimum absolute atomic E-state index is 0.104. The van der Waals surface area contributed by atoms with E-state index in [-0.39, 0.29) is 17.2 Å². The van der Waals surface area contributed by atoms with E-state index in [1.54, 1.807) is 24.3 Å². The second-order valence-electron chi connectivity index (χ2n) is 4.55. The Morgan fingerprint density at radius 1 is 1.22 bits per heavy atom. The van der Waals surface area contributed by atoms with Gasteiger partial charge in [-0.1, -0.05) is 18.2 Å². The molecule has 0 aliphatic rings. The highest BCUT2D eigenvalue weighted by atomic mass is 32.2. The fourth-order valence-electron chi connectivity index (χ4n) is 1.84. The Hall–Kier alpha value is -2.72. The molecule has 0 aliphatic carbocycles. The van der Waals surface area contributed by atoms with Gasteiger partial charge in [-0.25, -0.2) is 9.18 Å². The second kappa shape index (κ2) is 8.06. The number of nitriles is 1. The van der Waals surface area contributed by atoms with E-state index < -0.39 is 22.6 Å². The third-order valence-electron chi connectivity index (χ3n) is 2.90. The van der Waals surface area contributed by atoms with Gasteiger partial charge in [-0.15, -0.1) is 0 Å². The zero-order valence-corrected chi connectivity index (χ0v) is 12.9. The summed E-state index contributed by atoms with van der Waals surface area (Å²) in [5.41, 5.74) is 0.917. The molecule has 0 spiro atoms. The summed E-state index contributed by atoms with van der Waals surface area (Å²) in [6, 6.07) is 13.8. The molecule has 2 N–H and O–H groups in total. The van der Waals surface area contributed by atoms with Crippen LogP contribution in [0.3, 0.4) is 0 Å². The van der Waals surface area contributed by atoms with Gasteiger partial charge < -0.3 is 10.6 Å². The smallest absolute Gasteiger partial charge is 0.319 e. The lowest BCUT2D eigenvalue weighted by molar-refractivity contribution is 0.252. The largest absolute Gasteiger partial charge is 0.337 e. The maximum Gasteiger partial charge on any atom is 0.319 e. The van der Waals surface area contributed by atoms with Crippen molar-refractivity contribution >= 4 is 22.5 Å². The van der Waals surface area contributed by atoms with Gasteiger partial charge in [-0.2, -0.15) is 5.26 Å². The Balaban J connectivity index is 1.82. The van der Waals surface area contributed by atoms with E-state index in [9.17, 15) is 13.4 Å². The molecule has 2 amide bonds. The van der Waals surface area contributed by atoms with Crippen LogP contribution in [0.2, 0.25) is 0 Å². The highest BCUT2D eigenvalue weighted by molar-refractivity contribution is 7.85. The van der Waals surface area contributed by atoms with E-state index in [0.717, 1.165) is 0 Å². The van der Waals surface area contributed by atoms with E-state index in [2.05, 4.69) is 10.6 Å². The van der Waals surface area contributed by atoms with E-state index in [0.29, 0.717) is 11.3 Å². The summed E-state index contributed by atoms with van der Waals surface area (Å²) in [5, 5.41) is 13.9. The topological polar surface area (TPSA) is 82.0 Å². The van der Waals surface area contributed by atoms with Crippen LogP contribution in [0.1, 0.15) is 5.56 Å². The van der Waals surface area contributed by atoms with Gasteiger partial charge in [0, 0.05) is 18.0 Å². The fourth-order valence-corrected chi connectivity index (χ4v) is 2.86.